The van der Waals surface area contributed by atoms with E-state index in [1.807, 2.05) is 0 Å². The maximum atomic E-state index is 11.7. The Kier molecular flexibility index (Phi) is 5.86. The van der Waals surface area contributed by atoms with Crippen molar-refractivity contribution in [1.82, 2.24) is 4.72 Å². The third-order valence-corrected chi connectivity index (χ3v) is 10.6. The lowest BCUT2D eigenvalue weighted by Gasteiger charge is -2.62. The summed E-state index contributed by atoms with van der Waals surface area (Å²) < 4.78 is 2.47. The van der Waals surface area contributed by atoms with Crippen LogP contribution in [-0.4, -0.2) is 17.1 Å². The molecular formula is C24H41NO2S. The Labute approximate surface area is 177 Å². The molecule has 4 aliphatic rings. The number of aliphatic hydroxyl groups is 1. The molecule has 4 heteroatoms. The second-order valence-corrected chi connectivity index (χ2v) is 11.5. The van der Waals surface area contributed by atoms with Crippen LogP contribution in [0.5, 0.6) is 0 Å². The molecule has 4 saturated carbocycles. The van der Waals surface area contributed by atoms with Gasteiger partial charge in [-0.2, -0.15) is 0 Å². The summed E-state index contributed by atoms with van der Waals surface area (Å²) >= 11 is 3.90. The average Bonchev–Trinajstić information content (AvgIpc) is 3.03. The first-order valence-corrected chi connectivity index (χ1v) is 12.4. The van der Waals surface area contributed by atoms with Crippen LogP contribution in [0.25, 0.3) is 0 Å². The summed E-state index contributed by atoms with van der Waals surface area (Å²) in [6.07, 6.45) is 13.2. The van der Waals surface area contributed by atoms with Crippen molar-refractivity contribution >= 4 is 18.7 Å². The number of carbonyl (C=O) groups excluding carboxylic acids is 1. The normalized spacial score (nSPS) is 48.9. The van der Waals surface area contributed by atoms with Gasteiger partial charge in [-0.25, -0.2) is 0 Å². The van der Waals surface area contributed by atoms with E-state index in [9.17, 15) is 9.90 Å². The van der Waals surface area contributed by atoms with Crippen LogP contribution in [-0.2, 0) is 4.79 Å². The maximum Gasteiger partial charge on any atom is 0.229 e. The summed E-state index contributed by atoms with van der Waals surface area (Å²) in [5, 5.41) is 11.3. The van der Waals surface area contributed by atoms with Gasteiger partial charge in [0.25, 0.3) is 0 Å². The predicted molar refractivity (Wildman–Crippen MR) is 117 cm³/mol. The molecule has 0 aliphatic heterocycles. The fourth-order valence-corrected chi connectivity index (χ4v) is 8.96. The van der Waals surface area contributed by atoms with E-state index in [-0.39, 0.29) is 12.0 Å². The van der Waals surface area contributed by atoms with Crippen LogP contribution in [0.15, 0.2) is 0 Å². The van der Waals surface area contributed by atoms with E-state index in [1.165, 1.54) is 51.4 Å². The van der Waals surface area contributed by atoms with E-state index in [2.05, 4.69) is 38.3 Å². The molecule has 160 valence electrons. The first-order valence-electron chi connectivity index (χ1n) is 11.9. The summed E-state index contributed by atoms with van der Waals surface area (Å²) in [4.78, 5) is 11.7. The molecule has 1 amide bonds. The molecule has 9 atom stereocenters. The second kappa shape index (κ2) is 7.80. The van der Waals surface area contributed by atoms with Gasteiger partial charge in [0.2, 0.25) is 5.91 Å². The Morgan fingerprint density at radius 3 is 2.61 bits per heavy atom. The van der Waals surface area contributed by atoms with Gasteiger partial charge in [-0.1, -0.05) is 46.4 Å². The van der Waals surface area contributed by atoms with Crippen molar-refractivity contribution in [3.63, 3.8) is 0 Å². The van der Waals surface area contributed by atoms with Gasteiger partial charge in [-0.3, -0.25) is 4.79 Å². The minimum absolute atomic E-state index is 0.0394. The molecule has 0 bridgehead atoms. The summed E-state index contributed by atoms with van der Waals surface area (Å²) in [6.45, 7) is 7.46. The number of hydrogen-bond donors (Lipinski definition) is 3. The summed E-state index contributed by atoms with van der Waals surface area (Å²) in [7, 11) is 0. The summed E-state index contributed by atoms with van der Waals surface area (Å²) in [5.41, 5.74) is 0.814. The molecule has 3 nitrogen and oxygen atoms in total. The first kappa shape index (κ1) is 21.0. The molecule has 0 radical (unpaired) electrons. The molecule has 0 heterocycles. The van der Waals surface area contributed by atoms with Crippen LogP contribution in [0.4, 0.5) is 0 Å². The highest BCUT2D eigenvalue weighted by Crippen LogP contribution is 2.68. The van der Waals surface area contributed by atoms with Crippen molar-refractivity contribution in [1.29, 1.82) is 0 Å². The largest absolute Gasteiger partial charge is 0.393 e. The number of carbonyl (C=O) groups is 1. The van der Waals surface area contributed by atoms with Crippen LogP contribution in [0.2, 0.25) is 0 Å². The van der Waals surface area contributed by atoms with Crippen molar-refractivity contribution in [2.24, 2.45) is 46.3 Å². The van der Waals surface area contributed by atoms with E-state index in [0.29, 0.717) is 40.9 Å². The third kappa shape index (κ3) is 3.25. The molecule has 4 fully saturated rings. The van der Waals surface area contributed by atoms with Gasteiger partial charge in [0, 0.05) is 6.42 Å². The number of hydrogen-bond acceptors (Lipinski definition) is 3. The van der Waals surface area contributed by atoms with E-state index in [4.69, 9.17) is 0 Å². The third-order valence-electron chi connectivity index (χ3n) is 10.3. The lowest BCUT2D eigenvalue weighted by molar-refractivity contribution is -0.164. The second-order valence-electron chi connectivity index (χ2n) is 11.3. The Morgan fingerprint density at radius 1 is 1.11 bits per heavy atom. The van der Waals surface area contributed by atoms with Crippen molar-refractivity contribution in [2.45, 2.75) is 97.5 Å². The fourth-order valence-electron chi connectivity index (χ4n) is 8.85. The standard InChI is InChI=1S/C24H41NO2S/c1-15(7-10-21(27)25-28)17-8-9-18-22-19(11-13-24(17,18)3)23(2)12-5-4-6-16(23)14-20(22)26/h15-20,22,26,28H,4-14H2,1-3H3,(H,25,27)/t15-,16+,17-,18+,19+,20-,22+,23+,24-/m0/s1. The number of thiol groups is 1. The number of aliphatic hydroxyl groups excluding tert-OH is 1. The van der Waals surface area contributed by atoms with Crippen molar-refractivity contribution in [3.05, 3.63) is 0 Å². The van der Waals surface area contributed by atoms with Crippen molar-refractivity contribution in [3.8, 4) is 0 Å². The minimum Gasteiger partial charge on any atom is -0.393 e. The van der Waals surface area contributed by atoms with Gasteiger partial charge < -0.3 is 9.83 Å². The van der Waals surface area contributed by atoms with E-state index >= 15 is 0 Å². The van der Waals surface area contributed by atoms with Crippen molar-refractivity contribution in [2.75, 3.05) is 0 Å². The first-order chi connectivity index (χ1) is 13.3. The smallest absolute Gasteiger partial charge is 0.229 e. The molecule has 28 heavy (non-hydrogen) atoms. The Hall–Kier alpha value is -0.220. The van der Waals surface area contributed by atoms with Gasteiger partial charge in [-0.15, -0.1) is 0 Å². The van der Waals surface area contributed by atoms with Crippen molar-refractivity contribution < 1.29 is 9.90 Å². The monoisotopic (exact) mass is 407 g/mol. The zero-order valence-electron chi connectivity index (χ0n) is 18.1. The minimum atomic E-state index is -0.0881. The average molecular weight is 408 g/mol. The molecule has 4 rings (SSSR count). The van der Waals surface area contributed by atoms with E-state index < -0.39 is 0 Å². The van der Waals surface area contributed by atoms with Gasteiger partial charge >= 0.3 is 0 Å². The van der Waals surface area contributed by atoms with Crippen LogP contribution < -0.4 is 4.72 Å². The topological polar surface area (TPSA) is 49.3 Å². The Morgan fingerprint density at radius 2 is 1.86 bits per heavy atom. The number of amides is 1. The molecule has 0 aromatic heterocycles. The summed E-state index contributed by atoms with van der Waals surface area (Å²) in [6, 6.07) is 0. The number of nitrogens with one attached hydrogen (secondary N) is 1. The maximum absolute atomic E-state index is 11.7. The molecular weight excluding hydrogens is 366 g/mol. The predicted octanol–water partition coefficient (Wildman–Crippen LogP) is 5.38. The van der Waals surface area contributed by atoms with E-state index in [1.54, 1.807) is 0 Å². The molecule has 0 unspecified atom stereocenters. The quantitative estimate of drug-likeness (QED) is 0.548. The highest BCUT2D eigenvalue weighted by Gasteiger charge is 2.62. The van der Waals surface area contributed by atoms with Crippen LogP contribution >= 0.6 is 12.8 Å². The number of fused-ring (bicyclic) bond motifs is 5. The van der Waals surface area contributed by atoms with Crippen LogP contribution in [0.1, 0.15) is 91.4 Å². The molecule has 4 aliphatic carbocycles. The fraction of sp³-hybridized carbons (Fsp3) is 0.958. The van der Waals surface area contributed by atoms with E-state index in [0.717, 1.165) is 24.7 Å². The Balaban J connectivity index is 1.53. The Bertz CT molecular complexity index is 597. The molecule has 0 spiro atoms. The molecule has 0 aromatic rings. The lowest BCUT2D eigenvalue weighted by Crippen LogP contribution is -2.57. The van der Waals surface area contributed by atoms with Crippen LogP contribution in [0, 0.1) is 46.3 Å². The molecule has 2 N–H and O–H groups in total. The van der Waals surface area contributed by atoms with Gasteiger partial charge in [0.1, 0.15) is 0 Å². The van der Waals surface area contributed by atoms with Gasteiger partial charge in [-0.05, 0) is 97.7 Å². The molecule has 0 aromatic carbocycles. The number of rotatable bonds is 4. The highest BCUT2D eigenvalue weighted by molar-refractivity contribution is 7.78. The van der Waals surface area contributed by atoms with Crippen LogP contribution in [0.3, 0.4) is 0 Å². The van der Waals surface area contributed by atoms with Gasteiger partial charge in [0.05, 0.1) is 6.10 Å². The summed E-state index contributed by atoms with van der Waals surface area (Å²) in [5.74, 6) is 3.95. The molecule has 0 saturated heterocycles. The zero-order chi connectivity index (χ0) is 20.1. The highest BCUT2D eigenvalue weighted by atomic mass is 32.1. The SMILES string of the molecule is C[C@@H](CCC(=O)NS)[C@@H]1CC[C@@H]2[C@@H]3[C@@H](CC[C@]21C)[C@]1(C)CCCC[C@@H]1C[C@@H]3O. The zero-order valence-corrected chi connectivity index (χ0v) is 19.0. The lowest BCUT2D eigenvalue weighted by atomic mass is 9.44. The van der Waals surface area contributed by atoms with Gasteiger partial charge in [0.15, 0.2) is 0 Å².